The SMILES string of the molecule is O=C(Cc1cccc(Br)c1)N1CCCC(c2nc(-c3cccc(F)c3)no2)C1. The fourth-order valence-electron chi connectivity index (χ4n) is 3.48. The van der Waals surface area contributed by atoms with Crippen LogP contribution in [0.1, 0.15) is 30.2 Å². The number of aromatic nitrogens is 2. The number of amides is 1. The van der Waals surface area contributed by atoms with E-state index < -0.39 is 0 Å². The average Bonchev–Trinajstić information content (AvgIpc) is 3.18. The van der Waals surface area contributed by atoms with Crippen molar-refractivity contribution in [3.63, 3.8) is 0 Å². The van der Waals surface area contributed by atoms with Crippen LogP contribution in [0.15, 0.2) is 57.5 Å². The number of halogens is 2. The largest absolute Gasteiger partial charge is 0.342 e. The Labute approximate surface area is 170 Å². The van der Waals surface area contributed by atoms with Gasteiger partial charge < -0.3 is 9.42 Å². The summed E-state index contributed by atoms with van der Waals surface area (Å²) in [6, 6.07) is 13.9. The molecule has 1 fully saturated rings. The Balaban J connectivity index is 1.44. The summed E-state index contributed by atoms with van der Waals surface area (Å²) in [6.45, 7) is 1.28. The van der Waals surface area contributed by atoms with Crippen molar-refractivity contribution in [2.75, 3.05) is 13.1 Å². The van der Waals surface area contributed by atoms with Crippen molar-refractivity contribution in [2.45, 2.75) is 25.2 Å². The summed E-state index contributed by atoms with van der Waals surface area (Å²) in [5, 5.41) is 3.99. The fraction of sp³-hybridized carbons (Fsp3) is 0.286. The van der Waals surface area contributed by atoms with E-state index in [2.05, 4.69) is 26.1 Å². The van der Waals surface area contributed by atoms with Crippen LogP contribution < -0.4 is 0 Å². The molecule has 1 atom stereocenters. The molecule has 0 spiro atoms. The maximum Gasteiger partial charge on any atom is 0.231 e. The molecule has 0 N–H and O–H groups in total. The van der Waals surface area contributed by atoms with Crippen LogP contribution in [0.4, 0.5) is 4.39 Å². The summed E-state index contributed by atoms with van der Waals surface area (Å²) < 4.78 is 19.8. The van der Waals surface area contributed by atoms with E-state index in [9.17, 15) is 9.18 Å². The van der Waals surface area contributed by atoms with Crippen LogP contribution in [0.5, 0.6) is 0 Å². The van der Waals surface area contributed by atoms with Crippen molar-refractivity contribution in [1.82, 2.24) is 15.0 Å². The number of benzene rings is 2. The van der Waals surface area contributed by atoms with Gasteiger partial charge in [-0.1, -0.05) is 45.4 Å². The number of carbonyl (C=O) groups excluding carboxylic acids is 1. The van der Waals surface area contributed by atoms with Crippen molar-refractivity contribution < 1.29 is 13.7 Å². The first kappa shape index (κ1) is 18.8. The maximum atomic E-state index is 13.4. The quantitative estimate of drug-likeness (QED) is 0.591. The summed E-state index contributed by atoms with van der Waals surface area (Å²) in [7, 11) is 0. The normalized spacial score (nSPS) is 16.9. The molecule has 1 aliphatic rings. The lowest BCUT2D eigenvalue weighted by Gasteiger charge is -2.31. The van der Waals surface area contributed by atoms with E-state index in [0.717, 1.165) is 29.4 Å². The summed E-state index contributed by atoms with van der Waals surface area (Å²) in [4.78, 5) is 19.0. The summed E-state index contributed by atoms with van der Waals surface area (Å²) in [5.74, 6) is 0.611. The minimum atomic E-state index is -0.342. The van der Waals surface area contributed by atoms with Gasteiger partial charge in [0.1, 0.15) is 5.82 Å². The van der Waals surface area contributed by atoms with Gasteiger partial charge in [-0.15, -0.1) is 0 Å². The molecule has 7 heteroatoms. The molecule has 1 unspecified atom stereocenters. The molecule has 4 rings (SSSR count). The first-order valence-corrected chi connectivity index (χ1v) is 9.99. The summed E-state index contributed by atoms with van der Waals surface area (Å²) in [5.41, 5.74) is 1.56. The summed E-state index contributed by atoms with van der Waals surface area (Å²) >= 11 is 3.44. The Morgan fingerprint density at radius 2 is 2.11 bits per heavy atom. The molecule has 2 heterocycles. The monoisotopic (exact) mass is 443 g/mol. The molecule has 1 aromatic heterocycles. The second kappa shape index (κ2) is 8.22. The van der Waals surface area contributed by atoms with Crippen molar-refractivity contribution >= 4 is 21.8 Å². The molecular formula is C21H19BrFN3O2. The van der Waals surface area contributed by atoms with Gasteiger partial charge in [0.2, 0.25) is 17.6 Å². The van der Waals surface area contributed by atoms with Crippen LogP contribution in [-0.2, 0) is 11.2 Å². The highest BCUT2D eigenvalue weighted by Crippen LogP contribution is 2.28. The minimum Gasteiger partial charge on any atom is -0.342 e. The molecular weight excluding hydrogens is 425 g/mol. The van der Waals surface area contributed by atoms with Crippen molar-refractivity contribution in [3.05, 3.63) is 70.3 Å². The Bertz CT molecular complexity index is 991. The Hall–Kier alpha value is -2.54. The zero-order valence-corrected chi connectivity index (χ0v) is 16.7. The first-order valence-electron chi connectivity index (χ1n) is 9.20. The predicted octanol–water partition coefficient (Wildman–Crippen LogP) is 4.59. The van der Waals surface area contributed by atoms with E-state index in [-0.39, 0.29) is 17.6 Å². The van der Waals surface area contributed by atoms with E-state index >= 15 is 0 Å². The average molecular weight is 444 g/mol. The number of piperidine rings is 1. The molecule has 1 amide bonds. The van der Waals surface area contributed by atoms with Gasteiger partial charge in [-0.3, -0.25) is 4.79 Å². The number of hydrogen-bond donors (Lipinski definition) is 0. The molecule has 0 radical (unpaired) electrons. The van der Waals surface area contributed by atoms with E-state index in [0.29, 0.717) is 30.2 Å². The molecule has 28 heavy (non-hydrogen) atoms. The topological polar surface area (TPSA) is 59.2 Å². The molecule has 0 aliphatic carbocycles. The van der Waals surface area contributed by atoms with Crippen LogP contribution in [0.3, 0.4) is 0 Å². The zero-order chi connectivity index (χ0) is 19.5. The Morgan fingerprint density at radius 3 is 2.93 bits per heavy atom. The lowest BCUT2D eigenvalue weighted by atomic mass is 9.97. The number of carbonyl (C=O) groups is 1. The minimum absolute atomic E-state index is 0.00461. The van der Waals surface area contributed by atoms with Crippen LogP contribution in [-0.4, -0.2) is 34.0 Å². The molecule has 5 nitrogen and oxygen atoms in total. The smallest absolute Gasteiger partial charge is 0.231 e. The molecule has 0 saturated carbocycles. The zero-order valence-electron chi connectivity index (χ0n) is 15.1. The van der Waals surface area contributed by atoms with Gasteiger partial charge in [0.25, 0.3) is 0 Å². The highest BCUT2D eigenvalue weighted by atomic mass is 79.9. The third kappa shape index (κ3) is 4.30. The third-order valence-corrected chi connectivity index (χ3v) is 5.39. The van der Waals surface area contributed by atoms with Crippen LogP contribution in [0.2, 0.25) is 0 Å². The van der Waals surface area contributed by atoms with Crippen molar-refractivity contribution in [1.29, 1.82) is 0 Å². The van der Waals surface area contributed by atoms with Gasteiger partial charge >= 0.3 is 0 Å². The second-order valence-electron chi connectivity index (χ2n) is 6.95. The highest BCUT2D eigenvalue weighted by Gasteiger charge is 2.28. The first-order chi connectivity index (χ1) is 13.6. The second-order valence-corrected chi connectivity index (χ2v) is 7.87. The van der Waals surface area contributed by atoms with Crippen molar-refractivity contribution in [2.24, 2.45) is 0 Å². The van der Waals surface area contributed by atoms with Crippen LogP contribution in [0, 0.1) is 5.82 Å². The Kier molecular flexibility index (Phi) is 5.52. The molecule has 1 aliphatic heterocycles. The standard InChI is InChI=1S/C21H19BrFN3O2/c22-17-7-1-4-14(10-17)11-19(27)26-9-3-6-16(13-26)21-24-20(25-28-21)15-5-2-8-18(23)12-15/h1-2,4-5,7-8,10,12,16H,3,6,9,11,13H2. The van der Waals surface area contributed by atoms with Gasteiger partial charge in [-0.25, -0.2) is 4.39 Å². The van der Waals surface area contributed by atoms with E-state index in [1.165, 1.54) is 12.1 Å². The van der Waals surface area contributed by atoms with E-state index in [4.69, 9.17) is 4.52 Å². The molecule has 0 bridgehead atoms. The Morgan fingerprint density at radius 1 is 1.25 bits per heavy atom. The number of hydrogen-bond acceptors (Lipinski definition) is 4. The molecule has 144 valence electrons. The lowest BCUT2D eigenvalue weighted by molar-refractivity contribution is -0.131. The summed E-state index contributed by atoms with van der Waals surface area (Å²) in [6.07, 6.45) is 2.13. The van der Waals surface area contributed by atoms with Crippen LogP contribution in [0.25, 0.3) is 11.4 Å². The van der Waals surface area contributed by atoms with Gasteiger partial charge in [0.05, 0.1) is 12.3 Å². The van der Waals surface area contributed by atoms with Crippen LogP contribution >= 0.6 is 15.9 Å². The molecule has 3 aromatic rings. The third-order valence-electron chi connectivity index (χ3n) is 4.89. The molecule has 2 aromatic carbocycles. The van der Waals surface area contributed by atoms with Gasteiger partial charge in [-0.05, 0) is 42.7 Å². The van der Waals surface area contributed by atoms with Crippen molar-refractivity contribution in [3.8, 4) is 11.4 Å². The van der Waals surface area contributed by atoms with E-state index in [1.54, 1.807) is 12.1 Å². The lowest BCUT2D eigenvalue weighted by Crippen LogP contribution is -2.40. The number of likely N-dealkylation sites (tertiary alicyclic amines) is 1. The number of nitrogens with zero attached hydrogens (tertiary/aromatic N) is 3. The van der Waals surface area contributed by atoms with Gasteiger partial charge in [-0.2, -0.15) is 4.98 Å². The molecule has 1 saturated heterocycles. The number of rotatable bonds is 4. The fourth-order valence-corrected chi connectivity index (χ4v) is 3.93. The highest BCUT2D eigenvalue weighted by molar-refractivity contribution is 9.10. The predicted molar refractivity (Wildman–Crippen MR) is 106 cm³/mol. The van der Waals surface area contributed by atoms with Gasteiger partial charge in [0, 0.05) is 23.1 Å². The van der Waals surface area contributed by atoms with E-state index in [1.807, 2.05) is 29.2 Å². The van der Waals surface area contributed by atoms with Gasteiger partial charge in [0.15, 0.2) is 0 Å². The maximum absolute atomic E-state index is 13.4.